The molecule has 2 atom stereocenters. The molecule has 0 spiro atoms. The summed E-state index contributed by atoms with van der Waals surface area (Å²) in [6, 6.07) is 9.18. The number of carbonyl (C=O) groups is 1. The molecule has 1 aromatic rings. The van der Waals surface area contributed by atoms with E-state index in [9.17, 15) is 4.79 Å². The van der Waals surface area contributed by atoms with E-state index in [-0.39, 0.29) is 6.04 Å². The molecule has 0 aliphatic carbocycles. The summed E-state index contributed by atoms with van der Waals surface area (Å²) in [5.41, 5.74) is 0.931. The van der Waals surface area contributed by atoms with Crippen molar-refractivity contribution in [2.24, 2.45) is 0 Å². The zero-order valence-electron chi connectivity index (χ0n) is 8.31. The SMILES string of the molecule is [2H][C@@H]1C(=O)ON(C)[C@H]1c1ccccc1. The Labute approximate surface area is 78.3 Å². The average molecular weight is 178 g/mol. The van der Waals surface area contributed by atoms with Gasteiger partial charge in [0.25, 0.3) is 0 Å². The van der Waals surface area contributed by atoms with Crippen LogP contribution >= 0.6 is 0 Å². The van der Waals surface area contributed by atoms with Gasteiger partial charge < -0.3 is 4.84 Å². The highest BCUT2D eigenvalue weighted by atomic mass is 16.7. The molecule has 0 saturated carbocycles. The summed E-state index contributed by atoms with van der Waals surface area (Å²) in [5, 5.41) is 1.44. The van der Waals surface area contributed by atoms with Crippen molar-refractivity contribution < 1.29 is 11.0 Å². The van der Waals surface area contributed by atoms with Crippen LogP contribution in [-0.2, 0) is 9.63 Å². The van der Waals surface area contributed by atoms with Gasteiger partial charge in [0.2, 0.25) is 0 Å². The van der Waals surface area contributed by atoms with Gasteiger partial charge in [0.1, 0.15) is 0 Å². The van der Waals surface area contributed by atoms with E-state index >= 15 is 0 Å². The molecule has 1 aliphatic rings. The average Bonchev–Trinajstić information content (AvgIpc) is 2.43. The maximum atomic E-state index is 11.1. The molecule has 0 radical (unpaired) electrons. The second kappa shape index (κ2) is 3.18. The van der Waals surface area contributed by atoms with E-state index in [1.807, 2.05) is 30.3 Å². The van der Waals surface area contributed by atoms with E-state index in [0.717, 1.165) is 5.56 Å². The first-order valence-corrected chi connectivity index (χ1v) is 4.12. The van der Waals surface area contributed by atoms with E-state index in [1.54, 1.807) is 7.05 Å². The van der Waals surface area contributed by atoms with Crippen LogP contribution in [0.4, 0.5) is 0 Å². The number of carbonyl (C=O) groups excluding carboxylic acids is 1. The maximum absolute atomic E-state index is 11.1. The van der Waals surface area contributed by atoms with Gasteiger partial charge in [-0.2, -0.15) is 0 Å². The summed E-state index contributed by atoms with van der Waals surface area (Å²) in [6.07, 6.45) is -0.845. The number of hydroxylamine groups is 2. The van der Waals surface area contributed by atoms with Crippen LogP contribution in [0.25, 0.3) is 0 Å². The second-order valence-corrected chi connectivity index (χ2v) is 2.98. The quantitative estimate of drug-likeness (QED) is 0.653. The Kier molecular flexibility index (Phi) is 1.74. The lowest BCUT2D eigenvalue weighted by molar-refractivity contribution is -0.169. The first-order chi connectivity index (χ1) is 6.70. The van der Waals surface area contributed by atoms with Crippen LogP contribution in [0, 0.1) is 0 Å². The molecular formula is C10H11NO2. The van der Waals surface area contributed by atoms with Gasteiger partial charge in [-0.25, -0.2) is 0 Å². The van der Waals surface area contributed by atoms with E-state index in [2.05, 4.69) is 0 Å². The van der Waals surface area contributed by atoms with Gasteiger partial charge in [0.05, 0.1) is 12.4 Å². The largest absolute Gasteiger partial charge is 0.368 e. The van der Waals surface area contributed by atoms with Crippen LogP contribution in [0.3, 0.4) is 0 Å². The second-order valence-electron chi connectivity index (χ2n) is 2.98. The van der Waals surface area contributed by atoms with Gasteiger partial charge >= 0.3 is 5.97 Å². The minimum absolute atomic E-state index is 0.288. The first kappa shape index (κ1) is 7.09. The normalized spacial score (nSPS) is 29.9. The molecule has 1 saturated heterocycles. The Morgan fingerprint density at radius 3 is 2.77 bits per heavy atom. The summed E-state index contributed by atoms with van der Waals surface area (Å²) in [7, 11) is 1.67. The molecule has 13 heavy (non-hydrogen) atoms. The minimum Gasteiger partial charge on any atom is -0.368 e. The molecule has 0 amide bonds. The van der Waals surface area contributed by atoms with Gasteiger partial charge in [-0.15, -0.1) is 5.06 Å². The molecule has 1 heterocycles. The van der Waals surface area contributed by atoms with Crippen LogP contribution in [0.5, 0.6) is 0 Å². The maximum Gasteiger partial charge on any atom is 0.327 e. The number of benzene rings is 1. The van der Waals surface area contributed by atoms with Gasteiger partial charge in [-0.3, -0.25) is 4.79 Å². The predicted molar refractivity (Wildman–Crippen MR) is 47.7 cm³/mol. The Hall–Kier alpha value is -1.35. The topological polar surface area (TPSA) is 29.5 Å². The van der Waals surface area contributed by atoms with Crippen molar-refractivity contribution in [2.45, 2.75) is 12.4 Å². The lowest BCUT2D eigenvalue weighted by Crippen LogP contribution is -2.16. The molecule has 1 fully saturated rings. The van der Waals surface area contributed by atoms with E-state index in [4.69, 9.17) is 6.21 Å². The zero-order valence-corrected chi connectivity index (χ0v) is 7.31. The first-order valence-electron chi connectivity index (χ1n) is 4.69. The fourth-order valence-corrected chi connectivity index (χ4v) is 1.42. The van der Waals surface area contributed by atoms with Crippen molar-refractivity contribution in [3.05, 3.63) is 35.9 Å². The third-order valence-corrected chi connectivity index (χ3v) is 2.06. The highest BCUT2D eigenvalue weighted by molar-refractivity contribution is 5.71. The summed E-state index contributed by atoms with van der Waals surface area (Å²) in [6.45, 7) is 0. The zero-order chi connectivity index (χ0) is 10.1. The van der Waals surface area contributed by atoms with E-state index in [0.29, 0.717) is 0 Å². The number of nitrogens with zero attached hydrogens (tertiary/aromatic N) is 1. The summed E-state index contributed by atoms with van der Waals surface area (Å²) >= 11 is 0. The molecule has 1 aliphatic heterocycles. The highest BCUT2D eigenvalue weighted by Gasteiger charge is 2.30. The van der Waals surface area contributed by atoms with Gasteiger partial charge in [-0.05, 0) is 5.56 Å². The molecule has 3 nitrogen and oxygen atoms in total. The van der Waals surface area contributed by atoms with E-state index in [1.165, 1.54) is 5.06 Å². The molecule has 0 bridgehead atoms. The van der Waals surface area contributed by atoms with Crippen molar-refractivity contribution in [3.8, 4) is 0 Å². The molecule has 1 aromatic carbocycles. The number of hydrogen-bond donors (Lipinski definition) is 0. The van der Waals surface area contributed by atoms with Crippen molar-refractivity contribution in [1.29, 1.82) is 0 Å². The monoisotopic (exact) mass is 178 g/mol. The van der Waals surface area contributed by atoms with E-state index < -0.39 is 12.4 Å². The molecule has 2 rings (SSSR count). The molecular weight excluding hydrogens is 166 g/mol. The Morgan fingerprint density at radius 1 is 1.54 bits per heavy atom. The Balaban J connectivity index is 2.31. The molecule has 0 aromatic heterocycles. The van der Waals surface area contributed by atoms with Crippen LogP contribution in [-0.4, -0.2) is 18.1 Å². The minimum atomic E-state index is -0.845. The summed E-state index contributed by atoms with van der Waals surface area (Å²) in [5.74, 6) is -0.485. The van der Waals surface area contributed by atoms with Gasteiger partial charge in [-0.1, -0.05) is 30.3 Å². The molecule has 0 N–H and O–H groups in total. The Morgan fingerprint density at radius 2 is 2.23 bits per heavy atom. The lowest BCUT2D eigenvalue weighted by atomic mass is 10.1. The number of hydrogen-bond acceptors (Lipinski definition) is 3. The van der Waals surface area contributed by atoms with Crippen LogP contribution in [0.1, 0.15) is 19.4 Å². The third-order valence-electron chi connectivity index (χ3n) is 2.06. The smallest absolute Gasteiger partial charge is 0.327 e. The van der Waals surface area contributed by atoms with Crippen LogP contribution in [0.15, 0.2) is 30.3 Å². The van der Waals surface area contributed by atoms with Crippen molar-refractivity contribution in [1.82, 2.24) is 5.06 Å². The van der Waals surface area contributed by atoms with Gasteiger partial charge in [0.15, 0.2) is 0 Å². The number of rotatable bonds is 1. The lowest BCUT2D eigenvalue weighted by Gasteiger charge is -2.15. The predicted octanol–water partition coefficient (Wildman–Crippen LogP) is 1.52. The molecule has 68 valence electrons. The Bertz CT molecular complexity index is 341. The summed E-state index contributed by atoms with van der Waals surface area (Å²) in [4.78, 5) is 16.0. The van der Waals surface area contributed by atoms with Crippen molar-refractivity contribution in [3.63, 3.8) is 0 Å². The standard InChI is InChI=1S/C10H11NO2/c1-11-9(7-10(12)13-11)8-5-3-2-4-6-8/h2-6,9H,7H2,1H3/t9-/m1/s1/i7D/t7-,9+/m0. The van der Waals surface area contributed by atoms with Gasteiger partial charge in [0, 0.05) is 8.42 Å². The highest BCUT2D eigenvalue weighted by Crippen LogP contribution is 2.28. The molecule has 3 heteroatoms. The van der Waals surface area contributed by atoms with Crippen molar-refractivity contribution in [2.75, 3.05) is 7.05 Å². The van der Waals surface area contributed by atoms with Crippen LogP contribution < -0.4 is 0 Å². The fourth-order valence-electron chi connectivity index (χ4n) is 1.42. The molecule has 0 unspecified atom stereocenters. The fraction of sp³-hybridized carbons (Fsp3) is 0.300. The third kappa shape index (κ3) is 1.55. The van der Waals surface area contributed by atoms with Crippen LogP contribution in [0.2, 0.25) is 0 Å². The summed E-state index contributed by atoms with van der Waals surface area (Å²) < 4.78 is 7.65. The van der Waals surface area contributed by atoms with Crippen molar-refractivity contribution >= 4 is 5.97 Å².